The SMILES string of the molecule is CC(=O)Oc1c(C#Cc2ccc(C(C)(C)C)cc2)cc(C#Cc2ccc(C(C)(C)C)cc2)cc1-c1nc2ccccc2o1. The van der Waals surface area contributed by atoms with E-state index in [0.717, 1.165) is 11.1 Å². The average molecular weight is 566 g/mol. The molecule has 4 heteroatoms. The molecule has 0 spiro atoms. The van der Waals surface area contributed by atoms with Gasteiger partial charge < -0.3 is 9.15 Å². The Hall–Kier alpha value is -5.06. The molecule has 43 heavy (non-hydrogen) atoms. The number of carbonyl (C=O) groups excluding carboxylic acids is 1. The minimum Gasteiger partial charge on any atom is -0.436 e. The number of carbonyl (C=O) groups is 1. The standard InChI is InChI=1S/C39H35NO3/c1-26(41)42-36-30(19-14-28-17-22-32(23-18-28)39(5,6)7)24-29(13-12-27-15-20-31(21-16-27)38(2,3)4)25-33(36)37-40-34-10-8-9-11-35(34)43-37/h8-11,15-18,20-25H,1-7H3. The number of ether oxygens (including phenoxy) is 1. The fourth-order valence-electron chi connectivity index (χ4n) is 4.58. The molecule has 0 N–H and O–H groups in total. The molecule has 1 heterocycles. The third kappa shape index (κ3) is 7.06. The molecule has 1 aromatic heterocycles. The number of esters is 1. The van der Waals surface area contributed by atoms with Crippen molar-refractivity contribution in [2.24, 2.45) is 0 Å². The normalized spacial score (nSPS) is 11.3. The Morgan fingerprint density at radius 2 is 1.23 bits per heavy atom. The maximum absolute atomic E-state index is 12.3. The second-order valence-corrected chi connectivity index (χ2v) is 12.6. The highest BCUT2D eigenvalue weighted by molar-refractivity contribution is 5.82. The lowest BCUT2D eigenvalue weighted by Gasteiger charge is -2.18. The maximum Gasteiger partial charge on any atom is 0.308 e. The Morgan fingerprint density at radius 3 is 1.77 bits per heavy atom. The van der Waals surface area contributed by atoms with Crippen molar-refractivity contribution in [3.63, 3.8) is 0 Å². The van der Waals surface area contributed by atoms with Gasteiger partial charge in [-0.1, -0.05) is 102 Å². The minimum atomic E-state index is -0.465. The Bertz CT molecular complexity index is 1890. The van der Waals surface area contributed by atoms with Crippen LogP contribution in [-0.2, 0) is 15.6 Å². The molecular weight excluding hydrogens is 530 g/mol. The van der Waals surface area contributed by atoms with Crippen molar-refractivity contribution < 1.29 is 13.9 Å². The monoisotopic (exact) mass is 565 g/mol. The zero-order valence-electron chi connectivity index (χ0n) is 25.8. The molecule has 214 valence electrons. The van der Waals surface area contributed by atoms with E-state index in [1.165, 1.54) is 18.1 Å². The predicted octanol–water partition coefficient (Wildman–Crippen LogP) is 8.81. The molecule has 0 aliphatic rings. The number of para-hydroxylation sites is 2. The van der Waals surface area contributed by atoms with Crippen LogP contribution < -0.4 is 4.74 Å². The Balaban J connectivity index is 1.64. The summed E-state index contributed by atoms with van der Waals surface area (Å²) < 4.78 is 11.9. The van der Waals surface area contributed by atoms with Crippen molar-refractivity contribution in [1.82, 2.24) is 4.98 Å². The molecule has 0 saturated heterocycles. The van der Waals surface area contributed by atoms with Gasteiger partial charge in [0.1, 0.15) is 5.52 Å². The predicted molar refractivity (Wildman–Crippen MR) is 173 cm³/mol. The maximum atomic E-state index is 12.3. The number of nitrogens with zero attached hydrogens (tertiary/aromatic N) is 1. The van der Waals surface area contributed by atoms with Gasteiger partial charge in [0.15, 0.2) is 11.3 Å². The van der Waals surface area contributed by atoms with Crippen LogP contribution in [0.3, 0.4) is 0 Å². The Kier molecular flexibility index (Phi) is 7.99. The zero-order chi connectivity index (χ0) is 30.8. The highest BCUT2D eigenvalue weighted by Crippen LogP contribution is 2.36. The Labute approximate surface area is 254 Å². The summed E-state index contributed by atoms with van der Waals surface area (Å²) in [5.41, 5.74) is 7.38. The smallest absolute Gasteiger partial charge is 0.308 e. The van der Waals surface area contributed by atoms with Crippen LogP contribution >= 0.6 is 0 Å². The number of hydrogen-bond donors (Lipinski definition) is 0. The van der Waals surface area contributed by atoms with Crippen molar-refractivity contribution in [3.05, 3.63) is 118 Å². The third-order valence-electron chi connectivity index (χ3n) is 7.05. The summed E-state index contributed by atoms with van der Waals surface area (Å²) in [6.07, 6.45) is 0. The molecule has 0 aliphatic heterocycles. The van der Waals surface area contributed by atoms with Crippen LogP contribution in [0.4, 0.5) is 0 Å². The van der Waals surface area contributed by atoms with Crippen LogP contribution in [0.2, 0.25) is 0 Å². The van der Waals surface area contributed by atoms with Gasteiger partial charge in [0, 0.05) is 23.6 Å². The van der Waals surface area contributed by atoms with Crippen LogP contribution in [0.25, 0.3) is 22.6 Å². The van der Waals surface area contributed by atoms with Gasteiger partial charge in [-0.2, -0.15) is 0 Å². The van der Waals surface area contributed by atoms with Crippen LogP contribution in [0.15, 0.2) is 89.3 Å². The number of aromatic nitrogens is 1. The molecule has 0 unspecified atom stereocenters. The van der Waals surface area contributed by atoms with E-state index in [9.17, 15) is 4.79 Å². The molecule has 0 bridgehead atoms. The largest absolute Gasteiger partial charge is 0.436 e. The van der Waals surface area contributed by atoms with E-state index < -0.39 is 5.97 Å². The molecule has 4 nitrogen and oxygen atoms in total. The molecule has 0 saturated carbocycles. The van der Waals surface area contributed by atoms with E-state index in [1.807, 2.05) is 60.7 Å². The molecule has 0 fully saturated rings. The van der Waals surface area contributed by atoms with Crippen LogP contribution in [-0.4, -0.2) is 11.0 Å². The van der Waals surface area contributed by atoms with Gasteiger partial charge in [-0.3, -0.25) is 4.79 Å². The van der Waals surface area contributed by atoms with E-state index in [1.54, 1.807) is 0 Å². The van der Waals surface area contributed by atoms with E-state index in [0.29, 0.717) is 33.7 Å². The summed E-state index contributed by atoms with van der Waals surface area (Å²) in [7, 11) is 0. The van der Waals surface area contributed by atoms with Gasteiger partial charge in [-0.25, -0.2) is 4.98 Å². The van der Waals surface area contributed by atoms with Gasteiger partial charge in [0.05, 0.1) is 11.1 Å². The van der Waals surface area contributed by atoms with Gasteiger partial charge in [0.25, 0.3) is 0 Å². The molecule has 5 rings (SSSR count). The van der Waals surface area contributed by atoms with E-state index in [2.05, 4.69) is 94.5 Å². The first-order valence-corrected chi connectivity index (χ1v) is 14.3. The van der Waals surface area contributed by atoms with Crippen molar-refractivity contribution in [2.75, 3.05) is 0 Å². The summed E-state index contributed by atoms with van der Waals surface area (Å²) in [5, 5.41) is 0. The molecule has 0 aliphatic carbocycles. The van der Waals surface area contributed by atoms with Crippen molar-refractivity contribution in [2.45, 2.75) is 59.3 Å². The number of hydrogen-bond acceptors (Lipinski definition) is 4. The van der Waals surface area contributed by atoms with Gasteiger partial charge in [-0.05, 0) is 70.5 Å². The fraction of sp³-hybridized carbons (Fsp3) is 0.231. The molecule has 0 atom stereocenters. The number of oxazole rings is 1. The quantitative estimate of drug-likeness (QED) is 0.122. The number of rotatable bonds is 2. The number of fused-ring (bicyclic) bond motifs is 1. The average Bonchev–Trinajstić information content (AvgIpc) is 3.39. The summed E-state index contributed by atoms with van der Waals surface area (Å²) in [6.45, 7) is 14.5. The Morgan fingerprint density at radius 1 is 0.698 bits per heavy atom. The van der Waals surface area contributed by atoms with Crippen LogP contribution in [0, 0.1) is 23.7 Å². The van der Waals surface area contributed by atoms with Gasteiger partial charge >= 0.3 is 5.97 Å². The van der Waals surface area contributed by atoms with E-state index in [-0.39, 0.29) is 16.6 Å². The second kappa shape index (κ2) is 11.7. The molecule has 4 aromatic carbocycles. The van der Waals surface area contributed by atoms with E-state index in [4.69, 9.17) is 9.15 Å². The van der Waals surface area contributed by atoms with Crippen LogP contribution in [0.1, 0.15) is 81.8 Å². The lowest BCUT2D eigenvalue weighted by molar-refractivity contribution is -0.131. The van der Waals surface area contributed by atoms with Gasteiger partial charge in [0.2, 0.25) is 5.89 Å². The molecule has 0 radical (unpaired) electrons. The first-order valence-electron chi connectivity index (χ1n) is 14.3. The zero-order valence-corrected chi connectivity index (χ0v) is 25.8. The van der Waals surface area contributed by atoms with Crippen molar-refractivity contribution in [3.8, 4) is 40.9 Å². The first-order chi connectivity index (χ1) is 20.4. The highest BCUT2D eigenvalue weighted by atomic mass is 16.5. The number of benzene rings is 4. The van der Waals surface area contributed by atoms with Gasteiger partial charge in [-0.15, -0.1) is 0 Å². The van der Waals surface area contributed by atoms with Crippen molar-refractivity contribution >= 4 is 17.1 Å². The summed E-state index contributed by atoms with van der Waals surface area (Å²) >= 11 is 0. The second-order valence-electron chi connectivity index (χ2n) is 12.6. The molecule has 0 amide bonds. The van der Waals surface area contributed by atoms with Crippen LogP contribution in [0.5, 0.6) is 5.75 Å². The lowest BCUT2D eigenvalue weighted by atomic mass is 9.87. The topological polar surface area (TPSA) is 52.3 Å². The highest BCUT2D eigenvalue weighted by Gasteiger charge is 2.20. The summed E-state index contributed by atoms with van der Waals surface area (Å²) in [6, 6.07) is 27.7. The fourth-order valence-corrected chi connectivity index (χ4v) is 4.58. The molecular formula is C39H35NO3. The molecule has 5 aromatic rings. The summed E-state index contributed by atoms with van der Waals surface area (Å²) in [5.74, 6) is 13.2. The summed E-state index contributed by atoms with van der Waals surface area (Å²) in [4.78, 5) is 17.0. The lowest BCUT2D eigenvalue weighted by Crippen LogP contribution is -2.10. The minimum absolute atomic E-state index is 0.0446. The van der Waals surface area contributed by atoms with E-state index >= 15 is 0 Å². The third-order valence-corrected chi connectivity index (χ3v) is 7.05. The van der Waals surface area contributed by atoms with Crippen molar-refractivity contribution in [1.29, 1.82) is 0 Å². The first kappa shape index (κ1) is 29.4.